The fraction of sp³-hybridized carbons (Fsp3) is 0.0462. The molecule has 11 aromatic rings. The van der Waals surface area contributed by atoms with Gasteiger partial charge in [-0.05, 0) is 128 Å². The quantitative estimate of drug-likeness (QED) is 0.149. The van der Waals surface area contributed by atoms with Crippen molar-refractivity contribution >= 4 is 67.5 Å². The molecule has 14 rings (SSSR count). The summed E-state index contributed by atoms with van der Waals surface area (Å²) in [7, 11) is 0. The average molecular weight is 870 g/mol. The second-order valence-corrected chi connectivity index (χ2v) is 18.3. The van der Waals surface area contributed by atoms with E-state index in [1.165, 1.54) is 55.5 Å². The van der Waals surface area contributed by atoms with Crippen molar-refractivity contribution in [2.75, 3.05) is 4.90 Å². The number of hydrogen-bond donors (Lipinski definition) is 0. The molecule has 1 atom stereocenters. The molecule has 0 amide bonds. The molecule has 9 aromatic carbocycles. The molecular weight excluding hydrogens is 827 g/mol. The van der Waals surface area contributed by atoms with Gasteiger partial charge in [0.15, 0.2) is 0 Å². The second kappa shape index (κ2) is 14.9. The molecule has 0 N–H and O–H groups in total. The summed E-state index contributed by atoms with van der Waals surface area (Å²) in [6.45, 7) is 4.24. The van der Waals surface area contributed by atoms with Crippen LogP contribution in [-0.4, -0.2) is 0 Å². The van der Waals surface area contributed by atoms with E-state index in [-0.39, 0.29) is 5.92 Å². The van der Waals surface area contributed by atoms with Gasteiger partial charge in [0.05, 0.1) is 11.1 Å². The average Bonchev–Trinajstić information content (AvgIpc) is 4.15. The molecule has 0 radical (unpaired) electrons. The van der Waals surface area contributed by atoms with E-state index in [4.69, 9.17) is 8.83 Å². The lowest BCUT2D eigenvalue weighted by Crippen LogP contribution is -2.26. The third-order valence-corrected chi connectivity index (χ3v) is 14.8. The minimum atomic E-state index is -0.482. The third-order valence-electron chi connectivity index (χ3n) is 14.8. The topological polar surface area (TPSA) is 29.5 Å². The first kappa shape index (κ1) is 38.6. The van der Waals surface area contributed by atoms with Gasteiger partial charge in [-0.1, -0.05) is 183 Å². The summed E-state index contributed by atoms with van der Waals surface area (Å²) in [6.07, 6.45) is 9.39. The fourth-order valence-corrected chi connectivity index (χ4v) is 11.9. The molecule has 2 aromatic heterocycles. The Morgan fingerprint density at radius 2 is 1.18 bits per heavy atom. The SMILES string of the molecule is C=C/C(=C\c1cc2ccccc2o1)c1ccc(N(c2ccc3c(c2)C2(c4ccccc4-c4ccccc42)c2ccccc2-3)c2ccccc2C2CC=Cc3c2oc2c3ccc3ccccc32)cc1. The summed E-state index contributed by atoms with van der Waals surface area (Å²) < 4.78 is 13.3. The molecule has 3 heteroatoms. The standard InChI is InChI=1S/C65H43NO2/c1-2-41(38-47-39-44-17-4-14-29-62(44)67-47)42-30-33-45(34-31-42)66(61-28-13-9-22-53(61)54-23-15-24-55-56-36-32-43-16-3-5-18-48(43)63(56)68-64(54)55)46-35-37-52-51-21-8-12-27-59(51)65(60(52)40-46)57-25-10-6-19-49(57)50-20-7-11-26-58(50)65/h2-22,24-40,54H,1,23H2/b41-38+. The minimum absolute atomic E-state index is 0.0168. The van der Waals surface area contributed by atoms with Gasteiger partial charge in [-0.3, -0.25) is 0 Å². The molecule has 3 aliphatic rings. The lowest BCUT2D eigenvalue weighted by atomic mass is 9.70. The van der Waals surface area contributed by atoms with Gasteiger partial charge in [-0.25, -0.2) is 0 Å². The number of anilines is 3. The van der Waals surface area contributed by atoms with Crippen LogP contribution in [0.2, 0.25) is 0 Å². The first-order valence-corrected chi connectivity index (χ1v) is 23.5. The van der Waals surface area contributed by atoms with Crippen molar-refractivity contribution in [3.63, 3.8) is 0 Å². The van der Waals surface area contributed by atoms with E-state index in [0.29, 0.717) is 0 Å². The predicted molar refractivity (Wildman–Crippen MR) is 281 cm³/mol. The molecule has 1 spiro atoms. The smallest absolute Gasteiger partial charge is 0.142 e. The van der Waals surface area contributed by atoms with Crippen LogP contribution in [0.5, 0.6) is 0 Å². The summed E-state index contributed by atoms with van der Waals surface area (Å²) in [5, 5.41) is 4.54. The number of rotatable bonds is 7. The van der Waals surface area contributed by atoms with Crippen LogP contribution in [0.3, 0.4) is 0 Å². The number of allylic oxidation sites excluding steroid dienone is 3. The number of nitrogens with zero attached hydrogens (tertiary/aromatic N) is 1. The molecule has 3 nitrogen and oxygen atoms in total. The van der Waals surface area contributed by atoms with E-state index in [2.05, 4.69) is 218 Å². The molecule has 0 saturated carbocycles. The molecule has 3 aliphatic carbocycles. The maximum absolute atomic E-state index is 7.07. The molecule has 0 fully saturated rings. The van der Waals surface area contributed by atoms with Gasteiger partial charge in [0, 0.05) is 39.0 Å². The van der Waals surface area contributed by atoms with Gasteiger partial charge in [0.1, 0.15) is 22.7 Å². The Bertz CT molecular complexity index is 3830. The molecule has 0 bridgehead atoms. The third kappa shape index (κ3) is 5.53. The van der Waals surface area contributed by atoms with Gasteiger partial charge in [0.25, 0.3) is 0 Å². The van der Waals surface area contributed by atoms with Crippen LogP contribution in [0.4, 0.5) is 17.1 Å². The van der Waals surface area contributed by atoms with Crippen molar-refractivity contribution in [1.82, 2.24) is 0 Å². The Labute approximate surface area is 394 Å². The zero-order chi connectivity index (χ0) is 44.9. The van der Waals surface area contributed by atoms with Crippen molar-refractivity contribution < 1.29 is 8.83 Å². The molecular formula is C65H43NO2. The summed E-state index contributed by atoms with van der Waals surface area (Å²) >= 11 is 0. The lowest BCUT2D eigenvalue weighted by molar-refractivity contribution is 0.519. The number of benzene rings is 9. The first-order valence-electron chi connectivity index (χ1n) is 23.5. The zero-order valence-corrected chi connectivity index (χ0v) is 37.2. The highest BCUT2D eigenvalue weighted by Gasteiger charge is 2.51. The van der Waals surface area contributed by atoms with E-state index >= 15 is 0 Å². The van der Waals surface area contributed by atoms with Crippen molar-refractivity contribution in [2.24, 2.45) is 0 Å². The van der Waals surface area contributed by atoms with Crippen LogP contribution in [0.1, 0.15) is 62.8 Å². The second-order valence-electron chi connectivity index (χ2n) is 18.3. The van der Waals surface area contributed by atoms with Crippen LogP contribution in [0.15, 0.2) is 234 Å². The summed E-state index contributed by atoms with van der Waals surface area (Å²) in [5.74, 6) is 1.79. The van der Waals surface area contributed by atoms with Crippen molar-refractivity contribution in [2.45, 2.75) is 17.8 Å². The molecule has 320 valence electrons. The first-order chi connectivity index (χ1) is 33.7. The van der Waals surface area contributed by atoms with Crippen molar-refractivity contribution in [3.05, 3.63) is 275 Å². The van der Waals surface area contributed by atoms with Crippen LogP contribution < -0.4 is 4.90 Å². The Morgan fingerprint density at radius 3 is 1.91 bits per heavy atom. The van der Waals surface area contributed by atoms with E-state index in [9.17, 15) is 0 Å². The molecule has 0 saturated heterocycles. The lowest BCUT2D eigenvalue weighted by Gasteiger charge is -2.33. The fourth-order valence-electron chi connectivity index (χ4n) is 11.9. The molecule has 1 unspecified atom stereocenters. The number of para-hydroxylation sites is 2. The molecule has 0 aliphatic heterocycles. The monoisotopic (exact) mass is 869 g/mol. The van der Waals surface area contributed by atoms with Gasteiger partial charge in [-0.15, -0.1) is 0 Å². The van der Waals surface area contributed by atoms with Crippen LogP contribution >= 0.6 is 0 Å². The Kier molecular flexibility index (Phi) is 8.47. The van der Waals surface area contributed by atoms with Gasteiger partial charge < -0.3 is 13.7 Å². The Hall–Kier alpha value is -8.66. The molecule has 2 heterocycles. The highest BCUT2D eigenvalue weighted by Crippen LogP contribution is 2.63. The summed E-state index contributed by atoms with van der Waals surface area (Å²) in [5.41, 5.74) is 19.4. The number of fused-ring (bicyclic) bond motifs is 16. The highest BCUT2D eigenvalue weighted by molar-refractivity contribution is 6.08. The van der Waals surface area contributed by atoms with Gasteiger partial charge in [0.2, 0.25) is 0 Å². The Balaban J connectivity index is 0.972. The summed E-state index contributed by atoms with van der Waals surface area (Å²) in [6, 6.07) is 75.3. The molecule has 68 heavy (non-hydrogen) atoms. The van der Waals surface area contributed by atoms with E-state index in [1.807, 2.05) is 24.3 Å². The van der Waals surface area contributed by atoms with Crippen LogP contribution in [0, 0.1) is 0 Å². The van der Waals surface area contributed by atoms with E-state index in [0.717, 1.165) is 79.0 Å². The van der Waals surface area contributed by atoms with Crippen molar-refractivity contribution in [3.8, 4) is 22.3 Å². The largest absolute Gasteiger partial charge is 0.459 e. The van der Waals surface area contributed by atoms with Crippen LogP contribution in [0.25, 0.3) is 72.7 Å². The van der Waals surface area contributed by atoms with Crippen LogP contribution in [-0.2, 0) is 5.41 Å². The Morgan fingerprint density at radius 1 is 0.544 bits per heavy atom. The highest BCUT2D eigenvalue weighted by atomic mass is 16.3. The van der Waals surface area contributed by atoms with Crippen molar-refractivity contribution in [1.29, 1.82) is 0 Å². The van der Waals surface area contributed by atoms with Gasteiger partial charge >= 0.3 is 0 Å². The van der Waals surface area contributed by atoms with E-state index in [1.54, 1.807) is 0 Å². The minimum Gasteiger partial charge on any atom is -0.459 e. The maximum Gasteiger partial charge on any atom is 0.142 e. The van der Waals surface area contributed by atoms with E-state index < -0.39 is 5.41 Å². The normalized spacial score (nSPS) is 15.1. The van der Waals surface area contributed by atoms with Gasteiger partial charge in [-0.2, -0.15) is 0 Å². The zero-order valence-electron chi connectivity index (χ0n) is 37.2. The maximum atomic E-state index is 7.07. The predicted octanol–water partition coefficient (Wildman–Crippen LogP) is 17.4. The number of furan rings is 2. The summed E-state index contributed by atoms with van der Waals surface area (Å²) in [4.78, 5) is 2.47. The number of hydrogen-bond acceptors (Lipinski definition) is 3.